The van der Waals surface area contributed by atoms with Crippen LogP contribution in [0.3, 0.4) is 0 Å². The van der Waals surface area contributed by atoms with Crippen molar-refractivity contribution in [2.75, 3.05) is 0 Å². The molecule has 1 aromatic carbocycles. The number of para-hydroxylation sites is 1. The van der Waals surface area contributed by atoms with E-state index in [2.05, 4.69) is 9.83 Å². The molecular formula is C9H4N2O2. The Morgan fingerprint density at radius 1 is 1.38 bits per heavy atom. The highest BCUT2D eigenvalue weighted by Gasteiger charge is 2.06. The number of rotatable bonds is 0. The van der Waals surface area contributed by atoms with Crippen LogP contribution in [0.25, 0.3) is 15.8 Å². The summed E-state index contributed by atoms with van der Waals surface area (Å²) < 4.78 is 5.03. The zero-order chi connectivity index (χ0) is 9.26. The topological polar surface area (TPSA) is 47.5 Å². The molecule has 2 rings (SSSR count). The molecule has 62 valence electrons. The van der Waals surface area contributed by atoms with Crippen molar-refractivity contribution >= 4 is 17.0 Å². The van der Waals surface area contributed by atoms with Gasteiger partial charge in [0.05, 0.1) is 0 Å². The second-order valence-electron chi connectivity index (χ2n) is 2.41. The van der Waals surface area contributed by atoms with Gasteiger partial charge in [0, 0.05) is 0 Å². The average Bonchev–Trinajstić information content (AvgIpc) is 2.18. The van der Waals surface area contributed by atoms with Gasteiger partial charge in [-0.1, -0.05) is 18.7 Å². The van der Waals surface area contributed by atoms with E-state index in [0.717, 1.165) is 0 Å². The van der Waals surface area contributed by atoms with Crippen LogP contribution in [0, 0.1) is 6.57 Å². The summed E-state index contributed by atoms with van der Waals surface area (Å²) in [7, 11) is 0. The molecule has 0 aliphatic carbocycles. The fourth-order valence-corrected chi connectivity index (χ4v) is 1.05. The lowest BCUT2D eigenvalue weighted by atomic mass is 10.3. The minimum Gasteiger partial charge on any atom is -0.464 e. The second-order valence-corrected chi connectivity index (χ2v) is 2.41. The number of benzene rings is 1. The van der Waals surface area contributed by atoms with E-state index in [9.17, 15) is 4.79 Å². The van der Waals surface area contributed by atoms with Crippen molar-refractivity contribution < 1.29 is 4.42 Å². The first-order valence-electron chi connectivity index (χ1n) is 3.58. The molecule has 0 saturated carbocycles. The fraction of sp³-hybridized carbons (Fsp3) is 0. The Morgan fingerprint density at radius 2 is 2.15 bits per heavy atom. The Hall–Kier alpha value is -2.15. The summed E-state index contributed by atoms with van der Waals surface area (Å²) >= 11 is 0. The van der Waals surface area contributed by atoms with Gasteiger partial charge >= 0.3 is 11.6 Å². The van der Waals surface area contributed by atoms with Gasteiger partial charge in [-0.3, -0.25) is 0 Å². The lowest BCUT2D eigenvalue weighted by Crippen LogP contribution is -2.04. The van der Waals surface area contributed by atoms with Crippen LogP contribution < -0.4 is 5.56 Å². The molecular weight excluding hydrogens is 168 g/mol. The molecule has 13 heavy (non-hydrogen) atoms. The summed E-state index contributed by atoms with van der Waals surface area (Å²) in [6.07, 6.45) is 0. The third-order valence-corrected chi connectivity index (χ3v) is 1.61. The molecule has 0 aliphatic rings. The largest absolute Gasteiger partial charge is 0.464 e. The molecule has 0 unspecified atom stereocenters. The summed E-state index contributed by atoms with van der Waals surface area (Å²) in [6, 6.07) is 6.48. The van der Waals surface area contributed by atoms with Crippen molar-refractivity contribution in [3.05, 3.63) is 46.0 Å². The first-order valence-corrected chi connectivity index (χ1v) is 3.58. The van der Waals surface area contributed by atoms with Gasteiger partial charge in [0.25, 0.3) is 0 Å². The maximum atomic E-state index is 11.2. The molecule has 2 aromatic rings. The van der Waals surface area contributed by atoms with Crippen LogP contribution in [0.5, 0.6) is 0 Å². The standard InChI is InChI=1S/C9H4N2O2/c1-10-9-11-8(12)6-4-2-3-5-7(6)13-9/h2-5H. The van der Waals surface area contributed by atoms with Crippen LogP contribution >= 0.6 is 0 Å². The monoisotopic (exact) mass is 172 g/mol. The molecule has 0 fully saturated rings. The van der Waals surface area contributed by atoms with Gasteiger partial charge < -0.3 is 9.26 Å². The van der Waals surface area contributed by atoms with Crippen LogP contribution in [0.4, 0.5) is 6.01 Å². The summed E-state index contributed by atoms with van der Waals surface area (Å²) in [4.78, 5) is 17.6. The summed E-state index contributed by atoms with van der Waals surface area (Å²) in [5.74, 6) is 0. The van der Waals surface area contributed by atoms with Gasteiger partial charge in [0.2, 0.25) is 0 Å². The molecule has 0 aliphatic heterocycles. The Labute approximate surface area is 73.3 Å². The highest BCUT2D eigenvalue weighted by molar-refractivity contribution is 5.75. The first kappa shape index (κ1) is 7.50. The van der Waals surface area contributed by atoms with Gasteiger partial charge in [-0.15, -0.1) is 0 Å². The molecule has 0 bridgehead atoms. The van der Waals surface area contributed by atoms with E-state index < -0.39 is 5.56 Å². The molecule has 0 atom stereocenters. The molecule has 0 saturated heterocycles. The Kier molecular flexibility index (Phi) is 1.57. The number of hydrogen-bond acceptors (Lipinski definition) is 3. The third-order valence-electron chi connectivity index (χ3n) is 1.61. The van der Waals surface area contributed by atoms with Crippen LogP contribution in [0.1, 0.15) is 0 Å². The first-order chi connectivity index (χ1) is 6.31. The number of hydrogen-bond donors (Lipinski definition) is 0. The van der Waals surface area contributed by atoms with Crippen molar-refractivity contribution in [2.45, 2.75) is 0 Å². The van der Waals surface area contributed by atoms with E-state index >= 15 is 0 Å². The van der Waals surface area contributed by atoms with Gasteiger partial charge in [-0.2, -0.15) is 0 Å². The molecule has 4 heteroatoms. The minimum atomic E-state index is -0.423. The molecule has 0 radical (unpaired) electrons. The van der Waals surface area contributed by atoms with Crippen molar-refractivity contribution in [1.29, 1.82) is 0 Å². The van der Waals surface area contributed by atoms with Gasteiger partial charge in [-0.05, 0) is 17.1 Å². The molecule has 0 N–H and O–H groups in total. The number of aromatic nitrogens is 1. The molecule has 0 spiro atoms. The lowest BCUT2D eigenvalue weighted by molar-refractivity contribution is 0.608. The average molecular weight is 172 g/mol. The second kappa shape index (κ2) is 2.72. The Bertz CT molecular complexity index is 551. The van der Waals surface area contributed by atoms with Crippen LogP contribution in [0.15, 0.2) is 33.5 Å². The van der Waals surface area contributed by atoms with Crippen LogP contribution in [-0.4, -0.2) is 4.98 Å². The lowest BCUT2D eigenvalue weighted by Gasteiger charge is -1.92. The maximum absolute atomic E-state index is 11.2. The van der Waals surface area contributed by atoms with E-state index in [0.29, 0.717) is 11.0 Å². The molecule has 4 nitrogen and oxygen atoms in total. The van der Waals surface area contributed by atoms with E-state index in [1.807, 2.05) is 0 Å². The van der Waals surface area contributed by atoms with E-state index in [1.165, 1.54) is 0 Å². The predicted molar refractivity (Wildman–Crippen MR) is 46.5 cm³/mol. The zero-order valence-electron chi connectivity index (χ0n) is 6.52. The van der Waals surface area contributed by atoms with Crippen LogP contribution in [0.2, 0.25) is 0 Å². The van der Waals surface area contributed by atoms with Crippen molar-refractivity contribution in [3.63, 3.8) is 0 Å². The fourth-order valence-electron chi connectivity index (χ4n) is 1.05. The van der Waals surface area contributed by atoms with Crippen molar-refractivity contribution in [1.82, 2.24) is 4.98 Å². The predicted octanol–water partition coefficient (Wildman–Crippen LogP) is 1.74. The Balaban J connectivity index is 2.95. The highest BCUT2D eigenvalue weighted by Crippen LogP contribution is 2.13. The van der Waals surface area contributed by atoms with Gasteiger partial charge in [0.1, 0.15) is 11.0 Å². The molecule has 1 aromatic heterocycles. The van der Waals surface area contributed by atoms with E-state index in [4.69, 9.17) is 11.0 Å². The Morgan fingerprint density at radius 3 is 2.92 bits per heavy atom. The normalized spacial score (nSPS) is 9.77. The van der Waals surface area contributed by atoms with Crippen molar-refractivity contribution in [3.8, 4) is 0 Å². The SMILES string of the molecule is [C-]#[N+]c1nc(=O)c2ccccc2o1. The summed E-state index contributed by atoms with van der Waals surface area (Å²) in [6.45, 7) is 6.65. The summed E-state index contributed by atoms with van der Waals surface area (Å²) in [5, 5.41) is 0.398. The maximum Gasteiger partial charge on any atom is 0.453 e. The summed E-state index contributed by atoms with van der Waals surface area (Å²) in [5.41, 5.74) is -0.0265. The van der Waals surface area contributed by atoms with Gasteiger partial charge in [-0.25, -0.2) is 4.79 Å². The highest BCUT2D eigenvalue weighted by atomic mass is 16.4. The van der Waals surface area contributed by atoms with E-state index in [-0.39, 0.29) is 6.01 Å². The molecule has 0 amide bonds. The quantitative estimate of drug-likeness (QED) is 0.568. The molecule has 1 heterocycles. The minimum absolute atomic E-state index is 0.219. The van der Waals surface area contributed by atoms with E-state index in [1.54, 1.807) is 24.3 Å². The van der Waals surface area contributed by atoms with Crippen LogP contribution in [-0.2, 0) is 0 Å². The third kappa shape index (κ3) is 1.16. The number of fused-ring (bicyclic) bond motifs is 1. The number of nitrogens with zero attached hydrogens (tertiary/aromatic N) is 2. The van der Waals surface area contributed by atoms with Crippen molar-refractivity contribution in [2.24, 2.45) is 0 Å². The van der Waals surface area contributed by atoms with Gasteiger partial charge in [0.15, 0.2) is 0 Å². The zero-order valence-corrected chi connectivity index (χ0v) is 6.52. The smallest absolute Gasteiger partial charge is 0.453 e.